The highest BCUT2D eigenvalue weighted by Gasteiger charge is 2.48. The summed E-state index contributed by atoms with van der Waals surface area (Å²) in [4.78, 5) is 22.9. The van der Waals surface area contributed by atoms with E-state index in [1.165, 1.54) is 25.1 Å². The molecule has 0 spiro atoms. The van der Waals surface area contributed by atoms with E-state index in [-0.39, 0.29) is 17.5 Å². The second-order valence-corrected chi connectivity index (χ2v) is 4.81. The van der Waals surface area contributed by atoms with Gasteiger partial charge in [0.15, 0.2) is 0 Å². The van der Waals surface area contributed by atoms with Crippen molar-refractivity contribution in [2.45, 2.75) is 19.8 Å². The molecule has 5 nitrogen and oxygen atoms in total. The van der Waals surface area contributed by atoms with Crippen LogP contribution in [0.15, 0.2) is 18.2 Å². The largest absolute Gasteiger partial charge is 0.329 e. The molecule has 1 aromatic carbocycles. The average Bonchev–Trinajstić information content (AvgIpc) is 3.13. The van der Waals surface area contributed by atoms with E-state index in [9.17, 15) is 14.0 Å². The number of nitrogens with two attached hydrogens (primary N) is 1. The monoisotopic (exact) mass is 265 g/mol. The highest BCUT2D eigenvalue weighted by Crippen LogP contribution is 2.45. The fraction of sp³-hybridized carbons (Fsp3) is 0.385. The molecule has 0 saturated heterocycles. The van der Waals surface area contributed by atoms with Gasteiger partial charge in [-0.05, 0) is 31.0 Å². The number of benzene rings is 1. The summed E-state index contributed by atoms with van der Waals surface area (Å²) in [5.74, 6) is -1.08. The maximum Gasteiger partial charge on any atom is 0.231 e. The van der Waals surface area contributed by atoms with Crippen molar-refractivity contribution in [2.24, 2.45) is 11.1 Å². The first-order valence-electron chi connectivity index (χ1n) is 6.05. The topological polar surface area (TPSA) is 84.2 Å². The quantitative estimate of drug-likeness (QED) is 0.770. The van der Waals surface area contributed by atoms with Crippen LogP contribution in [0.3, 0.4) is 0 Å². The highest BCUT2D eigenvalue weighted by atomic mass is 19.1. The third-order valence-corrected chi connectivity index (χ3v) is 3.26. The lowest BCUT2D eigenvalue weighted by atomic mass is 10.1. The predicted octanol–water partition coefficient (Wildman–Crippen LogP) is 1.46. The molecule has 0 bridgehead atoms. The van der Waals surface area contributed by atoms with E-state index in [1.54, 1.807) is 0 Å². The molecule has 4 N–H and O–H groups in total. The minimum Gasteiger partial charge on any atom is -0.329 e. The second kappa shape index (κ2) is 4.97. The number of halogens is 1. The molecule has 19 heavy (non-hydrogen) atoms. The summed E-state index contributed by atoms with van der Waals surface area (Å²) in [5.41, 5.74) is 5.58. The van der Waals surface area contributed by atoms with Crippen molar-refractivity contribution >= 4 is 23.2 Å². The Hall–Kier alpha value is -1.95. The minimum atomic E-state index is -0.548. The van der Waals surface area contributed by atoms with Crippen LogP contribution in [0.5, 0.6) is 0 Å². The summed E-state index contributed by atoms with van der Waals surface area (Å²) < 4.78 is 13.4. The van der Waals surface area contributed by atoms with Crippen molar-refractivity contribution < 1.29 is 14.0 Å². The molecule has 1 aromatic rings. The molecule has 6 heteroatoms. The van der Waals surface area contributed by atoms with Crippen molar-refractivity contribution in [1.82, 2.24) is 0 Å². The fourth-order valence-corrected chi connectivity index (χ4v) is 1.83. The zero-order valence-corrected chi connectivity index (χ0v) is 10.6. The van der Waals surface area contributed by atoms with Gasteiger partial charge >= 0.3 is 0 Å². The van der Waals surface area contributed by atoms with Crippen molar-refractivity contribution in [2.75, 3.05) is 17.2 Å². The molecular weight excluding hydrogens is 249 g/mol. The highest BCUT2D eigenvalue weighted by molar-refractivity contribution is 5.98. The summed E-state index contributed by atoms with van der Waals surface area (Å²) in [7, 11) is 0. The van der Waals surface area contributed by atoms with Gasteiger partial charge in [0.1, 0.15) is 5.82 Å². The molecule has 0 aromatic heterocycles. The lowest BCUT2D eigenvalue weighted by Crippen LogP contribution is -2.30. The van der Waals surface area contributed by atoms with Gasteiger partial charge in [-0.25, -0.2) is 4.39 Å². The molecule has 0 aliphatic heterocycles. The van der Waals surface area contributed by atoms with E-state index in [4.69, 9.17) is 5.73 Å². The van der Waals surface area contributed by atoms with Crippen LogP contribution >= 0.6 is 0 Å². The van der Waals surface area contributed by atoms with Crippen LogP contribution in [0.1, 0.15) is 19.8 Å². The molecule has 2 rings (SSSR count). The fourth-order valence-electron chi connectivity index (χ4n) is 1.83. The van der Waals surface area contributed by atoms with Crippen molar-refractivity contribution in [1.29, 1.82) is 0 Å². The zero-order valence-electron chi connectivity index (χ0n) is 10.6. The molecule has 0 radical (unpaired) electrons. The zero-order chi connectivity index (χ0) is 14.0. The third-order valence-electron chi connectivity index (χ3n) is 3.26. The second-order valence-electron chi connectivity index (χ2n) is 4.81. The average molecular weight is 265 g/mol. The molecule has 1 saturated carbocycles. The molecule has 0 heterocycles. The summed E-state index contributed by atoms with van der Waals surface area (Å²) in [5, 5.41) is 5.06. The smallest absolute Gasteiger partial charge is 0.231 e. The van der Waals surface area contributed by atoms with Crippen LogP contribution in [0.2, 0.25) is 0 Å². The first-order valence-corrected chi connectivity index (χ1v) is 6.05. The minimum absolute atomic E-state index is 0.0443. The van der Waals surface area contributed by atoms with Crippen LogP contribution in [0.4, 0.5) is 15.8 Å². The normalized spacial score (nSPS) is 15.7. The number of hydrogen-bond acceptors (Lipinski definition) is 3. The van der Waals surface area contributed by atoms with Crippen molar-refractivity contribution in [3.8, 4) is 0 Å². The molecule has 2 amide bonds. The number of anilines is 2. The van der Waals surface area contributed by atoms with Gasteiger partial charge in [0.25, 0.3) is 0 Å². The Morgan fingerprint density at radius 1 is 1.37 bits per heavy atom. The Labute approximate surface area is 110 Å². The molecule has 0 atom stereocenters. The van der Waals surface area contributed by atoms with Gasteiger partial charge in [0.2, 0.25) is 11.8 Å². The van der Waals surface area contributed by atoms with E-state index in [2.05, 4.69) is 10.6 Å². The Bertz CT molecular complexity index is 527. The van der Waals surface area contributed by atoms with Crippen LogP contribution < -0.4 is 16.4 Å². The molecule has 1 aliphatic carbocycles. The number of nitrogens with one attached hydrogen (secondary N) is 2. The van der Waals surface area contributed by atoms with Crippen LogP contribution in [0.25, 0.3) is 0 Å². The van der Waals surface area contributed by atoms with Gasteiger partial charge in [-0.1, -0.05) is 0 Å². The van der Waals surface area contributed by atoms with Gasteiger partial charge < -0.3 is 16.4 Å². The Morgan fingerprint density at radius 2 is 2.05 bits per heavy atom. The number of rotatable bonds is 4. The maximum absolute atomic E-state index is 13.4. The Balaban J connectivity index is 2.13. The first-order chi connectivity index (χ1) is 8.97. The first kappa shape index (κ1) is 13.5. The summed E-state index contributed by atoms with van der Waals surface area (Å²) in [6.07, 6.45) is 1.55. The molecule has 1 aliphatic rings. The Morgan fingerprint density at radius 3 is 2.58 bits per heavy atom. The molecular formula is C13H16FN3O2. The number of hydrogen-bond donors (Lipinski definition) is 3. The lowest BCUT2D eigenvalue weighted by Gasteiger charge is -2.14. The van der Waals surface area contributed by atoms with Gasteiger partial charge in [0, 0.05) is 19.2 Å². The van der Waals surface area contributed by atoms with Gasteiger partial charge in [-0.3, -0.25) is 9.59 Å². The molecule has 1 fully saturated rings. The van der Waals surface area contributed by atoms with E-state index in [0.717, 1.165) is 12.8 Å². The van der Waals surface area contributed by atoms with E-state index in [1.807, 2.05) is 0 Å². The molecule has 102 valence electrons. The predicted molar refractivity (Wildman–Crippen MR) is 70.1 cm³/mol. The SMILES string of the molecule is CC(=O)Nc1cc(NC(=O)C2(CN)CC2)ccc1F. The van der Waals surface area contributed by atoms with Crippen LogP contribution in [0, 0.1) is 11.2 Å². The van der Waals surface area contributed by atoms with Gasteiger partial charge in [-0.15, -0.1) is 0 Å². The van der Waals surface area contributed by atoms with E-state index >= 15 is 0 Å². The standard InChI is InChI=1S/C13H16FN3O2/c1-8(18)16-11-6-9(2-3-10(11)14)17-12(19)13(7-15)4-5-13/h2-3,6H,4-5,7,15H2,1H3,(H,16,18)(H,17,19). The van der Waals surface area contributed by atoms with Crippen molar-refractivity contribution in [3.63, 3.8) is 0 Å². The van der Waals surface area contributed by atoms with Crippen molar-refractivity contribution in [3.05, 3.63) is 24.0 Å². The lowest BCUT2D eigenvalue weighted by molar-refractivity contribution is -0.120. The van der Waals surface area contributed by atoms with Gasteiger partial charge in [-0.2, -0.15) is 0 Å². The Kier molecular flexibility index (Phi) is 3.53. The van der Waals surface area contributed by atoms with E-state index < -0.39 is 11.2 Å². The van der Waals surface area contributed by atoms with Gasteiger partial charge in [0.05, 0.1) is 11.1 Å². The summed E-state index contributed by atoms with van der Waals surface area (Å²) in [6.45, 7) is 1.59. The summed E-state index contributed by atoms with van der Waals surface area (Å²) >= 11 is 0. The van der Waals surface area contributed by atoms with Crippen LogP contribution in [-0.4, -0.2) is 18.4 Å². The number of carbonyl (C=O) groups excluding carboxylic acids is 2. The summed E-state index contributed by atoms with van der Waals surface area (Å²) in [6, 6.07) is 4.04. The molecule has 0 unspecified atom stereocenters. The van der Waals surface area contributed by atoms with Crippen LogP contribution in [-0.2, 0) is 9.59 Å². The third kappa shape index (κ3) is 2.90. The number of amides is 2. The van der Waals surface area contributed by atoms with E-state index in [0.29, 0.717) is 12.2 Å². The maximum atomic E-state index is 13.4. The number of carbonyl (C=O) groups is 2.